The van der Waals surface area contributed by atoms with Crippen LogP contribution in [0.15, 0.2) is 12.1 Å². The lowest BCUT2D eigenvalue weighted by Crippen LogP contribution is -2.19. The zero-order chi connectivity index (χ0) is 14.8. The third-order valence-corrected chi connectivity index (χ3v) is 3.44. The quantitative estimate of drug-likeness (QED) is 0.671. The summed E-state index contributed by atoms with van der Waals surface area (Å²) in [5.74, 6) is 2.36. The van der Waals surface area contributed by atoms with E-state index >= 15 is 0 Å². The Morgan fingerprint density at radius 2 is 2.05 bits per heavy atom. The first-order valence-corrected chi connectivity index (χ1v) is 8.18. The van der Waals surface area contributed by atoms with Crippen LogP contribution < -0.4 is 14.8 Å². The Balaban J connectivity index is 2.79. The van der Waals surface area contributed by atoms with Gasteiger partial charge in [-0.2, -0.15) is 11.8 Å². The standard InChI is InChI=1S/C14H22ClNO3S/c1-17-5-4-16-10-11-8-12(15)9-13(18-2)14(11)19-6-7-20-3/h8-9,16H,4-7,10H2,1-3H3. The lowest BCUT2D eigenvalue weighted by molar-refractivity contribution is 0.199. The molecule has 0 aliphatic carbocycles. The largest absolute Gasteiger partial charge is 0.493 e. The molecule has 0 amide bonds. The van der Waals surface area contributed by atoms with Crippen LogP contribution in [0.1, 0.15) is 5.56 Å². The molecule has 0 atom stereocenters. The van der Waals surface area contributed by atoms with Gasteiger partial charge in [0.1, 0.15) is 0 Å². The van der Waals surface area contributed by atoms with Crippen LogP contribution in [0, 0.1) is 0 Å². The molecule has 1 N–H and O–H groups in total. The van der Waals surface area contributed by atoms with Crippen molar-refractivity contribution in [2.75, 3.05) is 46.0 Å². The van der Waals surface area contributed by atoms with Gasteiger partial charge in [-0.05, 0) is 12.3 Å². The van der Waals surface area contributed by atoms with E-state index in [-0.39, 0.29) is 0 Å². The van der Waals surface area contributed by atoms with Crippen molar-refractivity contribution < 1.29 is 14.2 Å². The predicted molar refractivity (Wildman–Crippen MR) is 85.5 cm³/mol. The molecule has 114 valence electrons. The van der Waals surface area contributed by atoms with Crippen LogP contribution >= 0.6 is 23.4 Å². The van der Waals surface area contributed by atoms with Gasteiger partial charge in [-0.15, -0.1) is 0 Å². The molecule has 20 heavy (non-hydrogen) atoms. The zero-order valence-electron chi connectivity index (χ0n) is 12.2. The number of ether oxygens (including phenoxy) is 3. The van der Waals surface area contributed by atoms with Crippen LogP contribution in [0.2, 0.25) is 5.02 Å². The van der Waals surface area contributed by atoms with E-state index < -0.39 is 0 Å². The number of halogens is 1. The van der Waals surface area contributed by atoms with Crippen molar-refractivity contribution in [1.82, 2.24) is 5.32 Å². The lowest BCUT2D eigenvalue weighted by atomic mass is 10.2. The maximum Gasteiger partial charge on any atom is 0.165 e. The summed E-state index contributed by atoms with van der Waals surface area (Å²) in [7, 11) is 3.30. The van der Waals surface area contributed by atoms with Gasteiger partial charge in [-0.1, -0.05) is 11.6 Å². The molecule has 0 fully saturated rings. The van der Waals surface area contributed by atoms with E-state index in [1.165, 1.54) is 0 Å². The summed E-state index contributed by atoms with van der Waals surface area (Å²) in [6.07, 6.45) is 2.05. The average molecular weight is 320 g/mol. The summed E-state index contributed by atoms with van der Waals surface area (Å²) < 4.78 is 16.2. The second kappa shape index (κ2) is 10.2. The van der Waals surface area contributed by atoms with Crippen molar-refractivity contribution in [2.45, 2.75) is 6.54 Å². The van der Waals surface area contributed by atoms with Crippen LogP contribution in [0.25, 0.3) is 0 Å². The molecule has 0 spiro atoms. The Labute approximate surface area is 130 Å². The van der Waals surface area contributed by atoms with Crippen LogP contribution in [0.5, 0.6) is 11.5 Å². The predicted octanol–water partition coefficient (Wildman–Crippen LogP) is 2.83. The van der Waals surface area contributed by atoms with Gasteiger partial charge in [0, 0.05) is 42.6 Å². The first-order valence-electron chi connectivity index (χ1n) is 6.40. The molecule has 6 heteroatoms. The van der Waals surface area contributed by atoms with Gasteiger partial charge in [-0.3, -0.25) is 0 Å². The van der Waals surface area contributed by atoms with Crippen molar-refractivity contribution in [3.05, 3.63) is 22.7 Å². The molecule has 0 unspecified atom stereocenters. The fraction of sp³-hybridized carbons (Fsp3) is 0.571. The smallest absolute Gasteiger partial charge is 0.165 e. The summed E-state index contributed by atoms with van der Waals surface area (Å²) in [6, 6.07) is 3.67. The minimum atomic E-state index is 0.641. The lowest BCUT2D eigenvalue weighted by Gasteiger charge is -2.16. The van der Waals surface area contributed by atoms with Crippen molar-refractivity contribution in [3.8, 4) is 11.5 Å². The highest BCUT2D eigenvalue weighted by Gasteiger charge is 2.12. The number of rotatable bonds is 10. The minimum absolute atomic E-state index is 0.641. The molecule has 1 aromatic rings. The first kappa shape index (κ1) is 17.4. The van der Waals surface area contributed by atoms with Gasteiger partial charge < -0.3 is 19.5 Å². The maximum absolute atomic E-state index is 6.11. The molecule has 0 radical (unpaired) electrons. The van der Waals surface area contributed by atoms with Crippen LogP contribution in [0.4, 0.5) is 0 Å². The van der Waals surface area contributed by atoms with Gasteiger partial charge in [0.05, 0.1) is 20.3 Å². The van der Waals surface area contributed by atoms with Crippen LogP contribution in [0.3, 0.4) is 0 Å². The third-order valence-electron chi connectivity index (χ3n) is 2.65. The Hall–Kier alpha value is -0.620. The fourth-order valence-corrected chi connectivity index (χ4v) is 2.17. The molecule has 0 saturated carbocycles. The molecule has 0 aliphatic heterocycles. The molecule has 1 rings (SSSR count). The van der Waals surface area contributed by atoms with Crippen molar-refractivity contribution in [2.24, 2.45) is 0 Å². The summed E-state index contributed by atoms with van der Waals surface area (Å²) >= 11 is 7.85. The minimum Gasteiger partial charge on any atom is -0.493 e. The van der Waals surface area contributed by atoms with Crippen LogP contribution in [-0.4, -0.2) is 46.0 Å². The van der Waals surface area contributed by atoms with E-state index in [0.29, 0.717) is 30.5 Å². The molecule has 0 aliphatic rings. The number of methoxy groups -OCH3 is 2. The van der Waals surface area contributed by atoms with Gasteiger partial charge in [0.15, 0.2) is 11.5 Å². The number of benzene rings is 1. The first-order chi connectivity index (χ1) is 9.72. The highest BCUT2D eigenvalue weighted by molar-refractivity contribution is 7.98. The Morgan fingerprint density at radius 3 is 2.70 bits per heavy atom. The number of nitrogens with one attached hydrogen (secondary N) is 1. The molecule has 0 saturated heterocycles. The molecule has 4 nitrogen and oxygen atoms in total. The normalized spacial score (nSPS) is 10.6. The van der Waals surface area contributed by atoms with Gasteiger partial charge in [0.2, 0.25) is 0 Å². The second-order valence-corrected chi connectivity index (χ2v) is 5.53. The molecule has 0 bridgehead atoms. The van der Waals surface area contributed by atoms with Crippen LogP contribution in [-0.2, 0) is 11.3 Å². The van der Waals surface area contributed by atoms with Gasteiger partial charge >= 0.3 is 0 Å². The van der Waals surface area contributed by atoms with Crippen molar-refractivity contribution in [1.29, 1.82) is 0 Å². The fourth-order valence-electron chi connectivity index (χ4n) is 1.69. The topological polar surface area (TPSA) is 39.7 Å². The second-order valence-electron chi connectivity index (χ2n) is 4.11. The molecule has 0 aromatic heterocycles. The molecular formula is C14H22ClNO3S. The zero-order valence-corrected chi connectivity index (χ0v) is 13.8. The Bertz CT molecular complexity index is 404. The highest BCUT2D eigenvalue weighted by Crippen LogP contribution is 2.34. The summed E-state index contributed by atoms with van der Waals surface area (Å²) in [6.45, 7) is 2.75. The van der Waals surface area contributed by atoms with Gasteiger partial charge in [0.25, 0.3) is 0 Å². The summed E-state index contributed by atoms with van der Waals surface area (Å²) in [5, 5.41) is 3.93. The summed E-state index contributed by atoms with van der Waals surface area (Å²) in [4.78, 5) is 0. The maximum atomic E-state index is 6.11. The number of thioether (sulfide) groups is 1. The van der Waals surface area contributed by atoms with Crippen molar-refractivity contribution in [3.63, 3.8) is 0 Å². The van der Waals surface area contributed by atoms with E-state index in [4.69, 9.17) is 25.8 Å². The molecule has 0 heterocycles. The molecular weight excluding hydrogens is 298 g/mol. The average Bonchev–Trinajstić information content (AvgIpc) is 2.45. The van der Waals surface area contributed by atoms with E-state index in [1.807, 2.05) is 6.07 Å². The number of hydrogen-bond acceptors (Lipinski definition) is 5. The highest BCUT2D eigenvalue weighted by atomic mass is 35.5. The third kappa shape index (κ3) is 5.79. The summed E-state index contributed by atoms with van der Waals surface area (Å²) in [5.41, 5.74) is 0.992. The van der Waals surface area contributed by atoms with E-state index in [1.54, 1.807) is 32.0 Å². The Morgan fingerprint density at radius 1 is 1.25 bits per heavy atom. The van der Waals surface area contributed by atoms with Gasteiger partial charge in [-0.25, -0.2) is 0 Å². The SMILES string of the molecule is COCCNCc1cc(Cl)cc(OC)c1OCCSC. The van der Waals surface area contributed by atoms with E-state index in [2.05, 4.69) is 11.6 Å². The number of hydrogen-bond donors (Lipinski definition) is 1. The van der Waals surface area contributed by atoms with E-state index in [0.717, 1.165) is 23.6 Å². The monoisotopic (exact) mass is 319 g/mol. The van der Waals surface area contributed by atoms with Crippen molar-refractivity contribution >= 4 is 23.4 Å². The Kier molecular flexibility index (Phi) is 8.85. The van der Waals surface area contributed by atoms with E-state index in [9.17, 15) is 0 Å². The molecule has 1 aromatic carbocycles.